The van der Waals surface area contributed by atoms with Crippen molar-refractivity contribution in [2.45, 2.75) is 19.9 Å². The Labute approximate surface area is 117 Å². The molecular weight excluding hydrogens is 256 g/mol. The van der Waals surface area contributed by atoms with Crippen LogP contribution in [0.15, 0.2) is 48.5 Å². The molecule has 0 fully saturated rings. The zero-order valence-corrected chi connectivity index (χ0v) is 11.6. The molecule has 3 heteroatoms. The van der Waals surface area contributed by atoms with Crippen LogP contribution in [0.5, 0.6) is 0 Å². The summed E-state index contributed by atoms with van der Waals surface area (Å²) in [5, 5.41) is 0.736. The van der Waals surface area contributed by atoms with E-state index in [-0.39, 0.29) is 0 Å². The molecule has 0 spiro atoms. The van der Waals surface area contributed by atoms with Gasteiger partial charge in [-0.2, -0.15) is 0 Å². The molecule has 0 bridgehead atoms. The quantitative estimate of drug-likeness (QED) is 0.694. The second-order valence-corrected chi connectivity index (χ2v) is 5.00. The van der Waals surface area contributed by atoms with E-state index in [1.165, 1.54) is 5.56 Å². The monoisotopic (exact) mass is 270 g/mol. The molecule has 3 rings (SSSR count). The lowest BCUT2D eigenvalue weighted by Crippen LogP contribution is -2.02. The molecule has 0 aliphatic heterocycles. The topological polar surface area (TPSA) is 17.8 Å². The van der Waals surface area contributed by atoms with Gasteiger partial charge >= 0.3 is 0 Å². The average Bonchev–Trinajstić information content (AvgIpc) is 2.76. The summed E-state index contributed by atoms with van der Waals surface area (Å²) < 4.78 is 2.25. The van der Waals surface area contributed by atoms with Crippen molar-refractivity contribution >= 4 is 22.6 Å². The van der Waals surface area contributed by atoms with Crippen LogP contribution in [-0.2, 0) is 13.0 Å². The van der Waals surface area contributed by atoms with Crippen LogP contribution in [0.4, 0.5) is 0 Å². The van der Waals surface area contributed by atoms with Crippen LogP contribution in [0.1, 0.15) is 18.3 Å². The van der Waals surface area contributed by atoms with Gasteiger partial charge in [0.1, 0.15) is 5.82 Å². The summed E-state index contributed by atoms with van der Waals surface area (Å²) >= 11 is 6.03. The fourth-order valence-corrected chi connectivity index (χ4v) is 2.59. The third kappa shape index (κ3) is 2.36. The molecule has 0 N–H and O–H groups in total. The standard InChI is InChI=1S/C16H15ClN2/c1-2-19-15-9-8-13(17)11-14(15)18-16(19)10-12-6-4-3-5-7-12/h3-9,11H,2,10H2,1H3. The highest BCUT2D eigenvalue weighted by Crippen LogP contribution is 2.22. The number of benzene rings is 2. The first-order valence-corrected chi connectivity index (χ1v) is 6.84. The van der Waals surface area contributed by atoms with Gasteiger partial charge in [0, 0.05) is 18.0 Å². The van der Waals surface area contributed by atoms with Crippen LogP contribution in [0.25, 0.3) is 11.0 Å². The molecule has 2 aromatic carbocycles. The Kier molecular flexibility index (Phi) is 3.26. The molecule has 1 aromatic heterocycles. The number of rotatable bonds is 3. The van der Waals surface area contributed by atoms with E-state index < -0.39 is 0 Å². The van der Waals surface area contributed by atoms with E-state index in [9.17, 15) is 0 Å². The number of imidazole rings is 1. The van der Waals surface area contributed by atoms with Crippen molar-refractivity contribution in [1.29, 1.82) is 0 Å². The molecular formula is C16H15ClN2. The number of nitrogens with zero attached hydrogens (tertiary/aromatic N) is 2. The summed E-state index contributed by atoms with van der Waals surface area (Å²) in [7, 11) is 0. The smallest absolute Gasteiger partial charge is 0.114 e. The summed E-state index contributed by atoms with van der Waals surface area (Å²) in [6.45, 7) is 3.06. The van der Waals surface area contributed by atoms with Crippen LogP contribution in [0.3, 0.4) is 0 Å². The van der Waals surface area contributed by atoms with Crippen LogP contribution >= 0.6 is 11.6 Å². The third-order valence-electron chi connectivity index (χ3n) is 3.31. The van der Waals surface area contributed by atoms with Crippen LogP contribution in [0, 0.1) is 0 Å². The third-order valence-corrected chi connectivity index (χ3v) is 3.55. The van der Waals surface area contributed by atoms with Crippen molar-refractivity contribution in [2.75, 3.05) is 0 Å². The molecule has 19 heavy (non-hydrogen) atoms. The molecule has 2 nitrogen and oxygen atoms in total. The Balaban J connectivity index is 2.08. The van der Waals surface area contributed by atoms with Crippen molar-refractivity contribution < 1.29 is 0 Å². The Bertz CT molecular complexity index is 701. The predicted molar refractivity (Wildman–Crippen MR) is 79.7 cm³/mol. The lowest BCUT2D eigenvalue weighted by Gasteiger charge is -2.06. The largest absolute Gasteiger partial charge is 0.328 e. The minimum atomic E-state index is 0.736. The highest BCUT2D eigenvalue weighted by molar-refractivity contribution is 6.31. The molecule has 0 saturated carbocycles. The summed E-state index contributed by atoms with van der Waals surface area (Å²) in [5.74, 6) is 1.09. The van der Waals surface area contributed by atoms with Crippen LogP contribution in [-0.4, -0.2) is 9.55 Å². The lowest BCUT2D eigenvalue weighted by molar-refractivity contribution is 0.733. The first-order chi connectivity index (χ1) is 9.28. The van der Waals surface area contributed by atoms with Crippen molar-refractivity contribution in [1.82, 2.24) is 9.55 Å². The normalized spacial score (nSPS) is 11.1. The van der Waals surface area contributed by atoms with Crippen molar-refractivity contribution in [2.24, 2.45) is 0 Å². The summed E-state index contributed by atoms with van der Waals surface area (Å²) in [4.78, 5) is 4.72. The highest BCUT2D eigenvalue weighted by atomic mass is 35.5. The summed E-state index contributed by atoms with van der Waals surface area (Å²) in [6.07, 6.45) is 0.848. The van der Waals surface area contributed by atoms with Gasteiger partial charge in [0.2, 0.25) is 0 Å². The number of hydrogen-bond acceptors (Lipinski definition) is 1. The Morgan fingerprint density at radius 3 is 2.63 bits per heavy atom. The van der Waals surface area contributed by atoms with Gasteiger partial charge in [0.25, 0.3) is 0 Å². The summed E-state index contributed by atoms with van der Waals surface area (Å²) in [5.41, 5.74) is 3.40. The zero-order chi connectivity index (χ0) is 13.2. The van der Waals surface area contributed by atoms with Gasteiger partial charge in [-0.15, -0.1) is 0 Å². The predicted octanol–water partition coefficient (Wildman–Crippen LogP) is 4.30. The highest BCUT2D eigenvalue weighted by Gasteiger charge is 2.10. The van der Waals surface area contributed by atoms with E-state index in [1.54, 1.807) is 0 Å². The van der Waals surface area contributed by atoms with E-state index in [0.29, 0.717) is 0 Å². The Hall–Kier alpha value is -1.80. The zero-order valence-electron chi connectivity index (χ0n) is 10.8. The van der Waals surface area contributed by atoms with Gasteiger partial charge < -0.3 is 4.57 Å². The van der Waals surface area contributed by atoms with Gasteiger partial charge in [-0.05, 0) is 30.7 Å². The molecule has 0 amide bonds. The Morgan fingerprint density at radius 1 is 1.11 bits per heavy atom. The SMILES string of the molecule is CCn1c(Cc2ccccc2)nc2cc(Cl)ccc21. The fraction of sp³-hybridized carbons (Fsp3) is 0.188. The van der Waals surface area contributed by atoms with Gasteiger partial charge in [0.15, 0.2) is 0 Å². The first kappa shape index (κ1) is 12.2. The molecule has 96 valence electrons. The second kappa shape index (κ2) is 5.06. The number of halogens is 1. The average molecular weight is 271 g/mol. The van der Waals surface area contributed by atoms with Gasteiger partial charge in [-0.3, -0.25) is 0 Å². The number of fused-ring (bicyclic) bond motifs is 1. The van der Waals surface area contributed by atoms with E-state index >= 15 is 0 Å². The van der Waals surface area contributed by atoms with E-state index in [0.717, 1.165) is 34.8 Å². The van der Waals surface area contributed by atoms with Crippen molar-refractivity contribution in [3.63, 3.8) is 0 Å². The maximum Gasteiger partial charge on any atom is 0.114 e. The van der Waals surface area contributed by atoms with Crippen LogP contribution in [0.2, 0.25) is 5.02 Å². The Morgan fingerprint density at radius 2 is 1.89 bits per heavy atom. The molecule has 0 unspecified atom stereocenters. The lowest BCUT2D eigenvalue weighted by atomic mass is 10.1. The van der Waals surface area contributed by atoms with Crippen LogP contribution < -0.4 is 0 Å². The molecule has 3 aromatic rings. The molecule has 1 heterocycles. The minimum Gasteiger partial charge on any atom is -0.328 e. The van der Waals surface area contributed by atoms with Crippen molar-refractivity contribution in [3.05, 3.63) is 64.9 Å². The minimum absolute atomic E-state index is 0.736. The summed E-state index contributed by atoms with van der Waals surface area (Å²) in [6, 6.07) is 16.3. The number of aromatic nitrogens is 2. The molecule has 0 aliphatic rings. The van der Waals surface area contributed by atoms with E-state index in [4.69, 9.17) is 16.6 Å². The molecule has 0 saturated heterocycles. The van der Waals surface area contributed by atoms with Crippen molar-refractivity contribution in [3.8, 4) is 0 Å². The van der Waals surface area contributed by atoms with Gasteiger partial charge in [0.05, 0.1) is 11.0 Å². The van der Waals surface area contributed by atoms with E-state index in [2.05, 4.69) is 35.8 Å². The first-order valence-electron chi connectivity index (χ1n) is 6.46. The van der Waals surface area contributed by atoms with Gasteiger partial charge in [-0.1, -0.05) is 41.9 Å². The molecule has 0 atom stereocenters. The fourth-order valence-electron chi connectivity index (χ4n) is 2.42. The maximum atomic E-state index is 6.03. The van der Waals surface area contributed by atoms with Gasteiger partial charge in [-0.25, -0.2) is 4.98 Å². The second-order valence-electron chi connectivity index (χ2n) is 4.57. The van der Waals surface area contributed by atoms with E-state index in [1.807, 2.05) is 24.3 Å². The number of aryl methyl sites for hydroxylation is 1. The molecule has 0 aliphatic carbocycles. The number of hydrogen-bond donors (Lipinski definition) is 0. The molecule has 0 radical (unpaired) electrons. The maximum absolute atomic E-state index is 6.03.